The maximum Gasteiger partial charge on any atom is 0.319 e. The van der Waals surface area contributed by atoms with E-state index in [4.69, 9.17) is 10.5 Å². The zero-order chi connectivity index (χ0) is 16.0. The van der Waals surface area contributed by atoms with Gasteiger partial charge in [0, 0.05) is 0 Å². The van der Waals surface area contributed by atoms with E-state index in [1.165, 1.54) is 0 Å². The number of hydrogen-bond donors (Lipinski definition) is 1. The average molecular weight is 362 g/mol. The molecule has 0 radical (unpaired) electrons. The van der Waals surface area contributed by atoms with Gasteiger partial charge in [-0.1, -0.05) is 26.2 Å². The minimum Gasteiger partial charge on any atom is -0.486 e. The SMILES string of the molecule is CCCCCCOc1c([N+](=O)[O-])cc([N+](=O)[O-])c(N)c1Br. The fourth-order valence-corrected chi connectivity index (χ4v) is 2.27. The van der Waals surface area contributed by atoms with Crippen molar-refractivity contribution >= 4 is 33.0 Å². The van der Waals surface area contributed by atoms with Crippen molar-refractivity contribution in [2.24, 2.45) is 0 Å². The molecule has 0 aliphatic heterocycles. The lowest BCUT2D eigenvalue weighted by Crippen LogP contribution is -2.05. The normalized spacial score (nSPS) is 10.4. The second-order valence-corrected chi connectivity index (χ2v) is 5.19. The van der Waals surface area contributed by atoms with E-state index >= 15 is 0 Å². The van der Waals surface area contributed by atoms with Crippen LogP contribution < -0.4 is 10.5 Å². The third-order valence-electron chi connectivity index (χ3n) is 2.86. The number of hydrogen-bond acceptors (Lipinski definition) is 6. The highest BCUT2D eigenvalue weighted by atomic mass is 79.9. The van der Waals surface area contributed by atoms with Crippen LogP contribution in [0.15, 0.2) is 10.5 Å². The number of anilines is 1. The Morgan fingerprint density at radius 2 is 1.81 bits per heavy atom. The molecule has 2 N–H and O–H groups in total. The van der Waals surface area contributed by atoms with Crippen molar-refractivity contribution < 1.29 is 14.6 Å². The number of benzene rings is 1. The van der Waals surface area contributed by atoms with Gasteiger partial charge >= 0.3 is 5.69 Å². The Balaban J connectivity index is 3.04. The number of ether oxygens (including phenoxy) is 1. The van der Waals surface area contributed by atoms with Crippen LogP contribution in [0.4, 0.5) is 17.1 Å². The summed E-state index contributed by atoms with van der Waals surface area (Å²) < 4.78 is 5.44. The maximum absolute atomic E-state index is 11.0. The number of nitrogens with two attached hydrogens (primary N) is 1. The van der Waals surface area contributed by atoms with Gasteiger partial charge in [0.2, 0.25) is 5.75 Å². The summed E-state index contributed by atoms with van der Waals surface area (Å²) in [6.07, 6.45) is 3.81. The third-order valence-corrected chi connectivity index (χ3v) is 3.64. The van der Waals surface area contributed by atoms with Crippen molar-refractivity contribution in [3.05, 3.63) is 30.8 Å². The Bertz CT molecular complexity index is 550. The molecule has 0 aliphatic rings. The molecule has 8 nitrogen and oxygen atoms in total. The average Bonchev–Trinajstić information content (AvgIpc) is 2.42. The predicted octanol–water partition coefficient (Wildman–Crippen LogP) is 3.81. The molecule has 0 amide bonds. The molecule has 0 saturated carbocycles. The van der Waals surface area contributed by atoms with Gasteiger partial charge in [0.25, 0.3) is 5.69 Å². The van der Waals surface area contributed by atoms with Crippen molar-refractivity contribution in [3.8, 4) is 5.75 Å². The Morgan fingerprint density at radius 3 is 2.33 bits per heavy atom. The summed E-state index contributed by atoms with van der Waals surface area (Å²) in [6.45, 7) is 2.36. The number of nitrogens with zero attached hydrogens (tertiary/aromatic N) is 2. The molecule has 0 unspecified atom stereocenters. The van der Waals surface area contributed by atoms with Crippen LogP contribution in [0.25, 0.3) is 0 Å². The van der Waals surface area contributed by atoms with Crippen molar-refractivity contribution in [2.75, 3.05) is 12.3 Å². The van der Waals surface area contributed by atoms with Crippen LogP contribution >= 0.6 is 15.9 Å². The minimum absolute atomic E-state index is 0.0406. The summed E-state index contributed by atoms with van der Waals surface area (Å²) in [6, 6.07) is 0.821. The van der Waals surface area contributed by atoms with Crippen LogP contribution in [0.2, 0.25) is 0 Å². The quantitative estimate of drug-likeness (QED) is 0.325. The molecular weight excluding hydrogens is 346 g/mol. The van der Waals surface area contributed by atoms with E-state index in [2.05, 4.69) is 22.9 Å². The van der Waals surface area contributed by atoms with Crippen molar-refractivity contribution in [2.45, 2.75) is 32.6 Å². The standard InChI is InChI=1S/C12H16BrN3O5/c1-2-3-4-5-6-21-12-9(16(19)20)7-8(15(17)18)11(14)10(12)13/h7H,2-6,14H2,1H3. The van der Waals surface area contributed by atoms with Gasteiger partial charge in [-0.05, 0) is 22.4 Å². The first-order chi connectivity index (χ1) is 9.90. The molecular formula is C12H16BrN3O5. The highest BCUT2D eigenvalue weighted by Crippen LogP contribution is 2.44. The second kappa shape index (κ2) is 7.77. The van der Waals surface area contributed by atoms with Gasteiger partial charge in [-0.15, -0.1) is 0 Å². The lowest BCUT2D eigenvalue weighted by Gasteiger charge is -2.10. The lowest BCUT2D eigenvalue weighted by atomic mass is 10.2. The first-order valence-electron chi connectivity index (χ1n) is 6.43. The van der Waals surface area contributed by atoms with Gasteiger partial charge in [-0.2, -0.15) is 0 Å². The number of rotatable bonds is 8. The topological polar surface area (TPSA) is 122 Å². The fraction of sp³-hybridized carbons (Fsp3) is 0.500. The minimum atomic E-state index is -0.766. The van der Waals surface area contributed by atoms with E-state index in [0.717, 1.165) is 31.7 Å². The molecule has 0 fully saturated rings. The van der Waals surface area contributed by atoms with Crippen LogP contribution in [-0.2, 0) is 0 Å². The maximum atomic E-state index is 11.0. The van der Waals surface area contributed by atoms with E-state index in [1.807, 2.05) is 0 Å². The third kappa shape index (κ3) is 4.28. The molecule has 0 spiro atoms. The summed E-state index contributed by atoms with van der Waals surface area (Å²) in [5.41, 5.74) is 4.43. The van der Waals surface area contributed by atoms with E-state index in [1.54, 1.807) is 0 Å². The summed E-state index contributed by atoms with van der Waals surface area (Å²) in [7, 11) is 0. The highest BCUT2D eigenvalue weighted by Gasteiger charge is 2.28. The van der Waals surface area contributed by atoms with Gasteiger partial charge in [0.1, 0.15) is 11.8 Å². The van der Waals surface area contributed by atoms with Gasteiger partial charge in [0.15, 0.2) is 0 Å². The van der Waals surface area contributed by atoms with Crippen LogP contribution in [0, 0.1) is 20.2 Å². The Labute approximate surface area is 129 Å². The first-order valence-corrected chi connectivity index (χ1v) is 7.23. The van der Waals surface area contributed by atoms with Crippen LogP contribution in [0.1, 0.15) is 32.6 Å². The smallest absolute Gasteiger partial charge is 0.319 e. The molecule has 9 heteroatoms. The molecule has 1 aromatic rings. The number of nitrogen functional groups attached to an aromatic ring is 1. The Hall–Kier alpha value is -1.90. The van der Waals surface area contributed by atoms with Crippen molar-refractivity contribution in [3.63, 3.8) is 0 Å². The van der Waals surface area contributed by atoms with E-state index in [0.29, 0.717) is 0 Å². The zero-order valence-corrected chi connectivity index (χ0v) is 13.1. The molecule has 0 aliphatic carbocycles. The van der Waals surface area contributed by atoms with Crippen molar-refractivity contribution in [1.29, 1.82) is 0 Å². The van der Waals surface area contributed by atoms with Gasteiger partial charge in [-0.25, -0.2) is 0 Å². The Morgan fingerprint density at radius 1 is 1.19 bits per heavy atom. The summed E-state index contributed by atoms with van der Waals surface area (Å²) in [5.74, 6) is -0.0698. The molecule has 0 heterocycles. The van der Waals surface area contributed by atoms with Crippen LogP contribution in [-0.4, -0.2) is 16.5 Å². The first kappa shape index (κ1) is 17.2. The largest absolute Gasteiger partial charge is 0.486 e. The molecule has 1 rings (SSSR count). The molecule has 0 atom stereocenters. The monoisotopic (exact) mass is 361 g/mol. The zero-order valence-electron chi connectivity index (χ0n) is 11.5. The molecule has 116 valence electrons. The summed E-state index contributed by atoms with van der Waals surface area (Å²) in [4.78, 5) is 20.4. The summed E-state index contributed by atoms with van der Waals surface area (Å²) in [5, 5.41) is 21.9. The lowest BCUT2D eigenvalue weighted by molar-refractivity contribution is -0.394. The summed E-state index contributed by atoms with van der Waals surface area (Å²) >= 11 is 3.04. The van der Waals surface area contributed by atoms with Gasteiger partial charge < -0.3 is 10.5 Å². The molecule has 0 aromatic heterocycles. The van der Waals surface area contributed by atoms with Crippen molar-refractivity contribution in [1.82, 2.24) is 0 Å². The van der Waals surface area contributed by atoms with E-state index < -0.39 is 21.2 Å². The Kier molecular flexibility index (Phi) is 6.35. The molecule has 0 saturated heterocycles. The van der Waals surface area contributed by atoms with Crippen LogP contribution in [0.3, 0.4) is 0 Å². The van der Waals surface area contributed by atoms with Gasteiger partial charge in [-0.3, -0.25) is 20.2 Å². The van der Waals surface area contributed by atoms with Gasteiger partial charge in [0.05, 0.1) is 20.9 Å². The highest BCUT2D eigenvalue weighted by molar-refractivity contribution is 9.10. The molecule has 21 heavy (non-hydrogen) atoms. The van der Waals surface area contributed by atoms with Crippen LogP contribution in [0.5, 0.6) is 5.75 Å². The predicted molar refractivity (Wildman–Crippen MR) is 81.5 cm³/mol. The van der Waals surface area contributed by atoms with E-state index in [-0.39, 0.29) is 22.5 Å². The number of unbranched alkanes of at least 4 members (excludes halogenated alkanes) is 3. The number of nitro groups is 2. The second-order valence-electron chi connectivity index (χ2n) is 4.39. The number of halogens is 1. The number of nitro benzene ring substituents is 2. The molecule has 0 bridgehead atoms. The van der Waals surface area contributed by atoms with E-state index in [9.17, 15) is 20.2 Å². The fourth-order valence-electron chi connectivity index (χ4n) is 1.75. The molecule has 1 aromatic carbocycles.